The van der Waals surface area contributed by atoms with Gasteiger partial charge in [-0.25, -0.2) is 0 Å². The number of carbonyl (C=O) groups excluding carboxylic acids is 2. The van der Waals surface area contributed by atoms with Gasteiger partial charge in [0.05, 0.1) is 5.92 Å². The third kappa shape index (κ3) is 4.99. The molecule has 6 heteroatoms. The van der Waals surface area contributed by atoms with Crippen LogP contribution < -0.4 is 15.4 Å². The number of halogens is 1. The fourth-order valence-corrected chi connectivity index (χ4v) is 4.99. The van der Waals surface area contributed by atoms with Gasteiger partial charge in [0.2, 0.25) is 11.8 Å². The fraction of sp³-hybridized carbons (Fsp3) is 0.391. The highest BCUT2D eigenvalue weighted by Crippen LogP contribution is 2.38. The predicted molar refractivity (Wildman–Crippen MR) is 116 cm³/mol. The SMILES string of the molecule is O=C1CC(C(=O)Nc2ccc(OCc3ccccc3)cc2)C2CC(Br)CCC2N1. The van der Waals surface area contributed by atoms with Crippen molar-refractivity contribution in [2.24, 2.45) is 11.8 Å². The van der Waals surface area contributed by atoms with E-state index in [9.17, 15) is 9.59 Å². The summed E-state index contributed by atoms with van der Waals surface area (Å²) in [6.07, 6.45) is 3.12. The highest BCUT2D eigenvalue weighted by atomic mass is 79.9. The second kappa shape index (κ2) is 8.99. The molecule has 1 aliphatic carbocycles. The molecule has 0 radical (unpaired) electrons. The minimum Gasteiger partial charge on any atom is -0.489 e. The zero-order valence-corrected chi connectivity index (χ0v) is 17.7. The lowest BCUT2D eigenvalue weighted by Gasteiger charge is -2.42. The zero-order valence-electron chi connectivity index (χ0n) is 16.1. The first-order valence-electron chi connectivity index (χ1n) is 10.1. The van der Waals surface area contributed by atoms with Crippen LogP contribution >= 0.6 is 15.9 Å². The predicted octanol–water partition coefficient (Wildman–Crippen LogP) is 4.27. The van der Waals surface area contributed by atoms with E-state index in [1.807, 2.05) is 54.6 Å². The van der Waals surface area contributed by atoms with Crippen molar-refractivity contribution < 1.29 is 14.3 Å². The standard InChI is InChI=1S/C23H25BrN2O3/c24-16-6-11-21-19(12-16)20(13-22(27)26-21)23(28)25-17-7-9-18(10-8-17)29-14-15-4-2-1-3-5-15/h1-5,7-10,16,19-21H,6,11-14H2,(H,25,28)(H,26,27). The summed E-state index contributed by atoms with van der Waals surface area (Å²) in [5, 5.41) is 6.06. The number of carbonyl (C=O) groups is 2. The lowest BCUT2D eigenvalue weighted by Crippen LogP contribution is -2.54. The summed E-state index contributed by atoms with van der Waals surface area (Å²) >= 11 is 3.69. The molecule has 1 saturated heterocycles. The normalized spacial score (nSPS) is 26.2. The van der Waals surface area contributed by atoms with Crippen LogP contribution in [0.25, 0.3) is 0 Å². The highest BCUT2D eigenvalue weighted by Gasteiger charge is 2.43. The third-order valence-corrected chi connectivity index (χ3v) is 6.64. The van der Waals surface area contributed by atoms with Crippen molar-refractivity contribution in [1.29, 1.82) is 0 Å². The van der Waals surface area contributed by atoms with Gasteiger partial charge >= 0.3 is 0 Å². The Morgan fingerprint density at radius 2 is 1.86 bits per heavy atom. The molecule has 2 amide bonds. The van der Waals surface area contributed by atoms with Gasteiger partial charge in [0, 0.05) is 23.0 Å². The lowest BCUT2D eigenvalue weighted by molar-refractivity contribution is -0.134. The third-order valence-electron chi connectivity index (χ3n) is 5.81. The van der Waals surface area contributed by atoms with Gasteiger partial charge in [0.25, 0.3) is 0 Å². The van der Waals surface area contributed by atoms with Crippen molar-refractivity contribution in [2.45, 2.75) is 43.2 Å². The Morgan fingerprint density at radius 3 is 2.62 bits per heavy atom. The number of nitrogens with one attached hydrogen (secondary N) is 2. The molecule has 2 fully saturated rings. The van der Waals surface area contributed by atoms with Crippen molar-refractivity contribution in [1.82, 2.24) is 5.32 Å². The Hall–Kier alpha value is -2.34. The summed E-state index contributed by atoms with van der Waals surface area (Å²) in [6.45, 7) is 0.501. The number of amides is 2. The number of rotatable bonds is 5. The Labute approximate surface area is 179 Å². The molecule has 1 saturated carbocycles. The maximum Gasteiger partial charge on any atom is 0.228 e. The summed E-state index contributed by atoms with van der Waals surface area (Å²) in [5.74, 6) is 0.541. The van der Waals surface area contributed by atoms with E-state index in [0.29, 0.717) is 11.4 Å². The summed E-state index contributed by atoms with van der Waals surface area (Å²) in [5.41, 5.74) is 1.82. The molecule has 152 valence electrons. The first-order valence-corrected chi connectivity index (χ1v) is 11.0. The summed E-state index contributed by atoms with van der Waals surface area (Å²) in [4.78, 5) is 25.4. The smallest absolute Gasteiger partial charge is 0.228 e. The molecule has 1 aliphatic heterocycles. The number of anilines is 1. The van der Waals surface area contributed by atoms with E-state index in [-0.39, 0.29) is 36.1 Å². The maximum absolute atomic E-state index is 12.9. The molecule has 1 heterocycles. The average molecular weight is 457 g/mol. The van der Waals surface area contributed by atoms with Crippen LogP contribution in [0.1, 0.15) is 31.2 Å². The van der Waals surface area contributed by atoms with Gasteiger partial charge in [0.15, 0.2) is 0 Å². The largest absolute Gasteiger partial charge is 0.489 e. The number of alkyl halides is 1. The molecule has 0 bridgehead atoms. The lowest BCUT2D eigenvalue weighted by atomic mass is 9.72. The molecule has 2 N–H and O–H groups in total. The maximum atomic E-state index is 12.9. The molecular formula is C23H25BrN2O3. The van der Waals surface area contributed by atoms with Crippen molar-refractivity contribution in [3.05, 3.63) is 60.2 Å². The Kier molecular flexibility index (Phi) is 6.19. The van der Waals surface area contributed by atoms with Gasteiger partial charge in [-0.1, -0.05) is 46.3 Å². The molecule has 0 aromatic heterocycles. The van der Waals surface area contributed by atoms with Crippen molar-refractivity contribution >= 4 is 33.4 Å². The molecule has 29 heavy (non-hydrogen) atoms. The van der Waals surface area contributed by atoms with Crippen LogP contribution in [0.5, 0.6) is 5.75 Å². The van der Waals surface area contributed by atoms with E-state index in [0.717, 1.165) is 36.3 Å². The van der Waals surface area contributed by atoms with Crippen LogP contribution in [0.4, 0.5) is 5.69 Å². The summed E-state index contributed by atoms with van der Waals surface area (Å²) in [7, 11) is 0. The molecule has 2 aromatic carbocycles. The van der Waals surface area contributed by atoms with Crippen LogP contribution in [0.2, 0.25) is 0 Å². The van der Waals surface area contributed by atoms with Crippen LogP contribution in [0.3, 0.4) is 0 Å². The van der Waals surface area contributed by atoms with Gasteiger partial charge in [-0.15, -0.1) is 0 Å². The molecule has 5 nitrogen and oxygen atoms in total. The molecule has 4 atom stereocenters. The molecule has 4 rings (SSSR count). The monoisotopic (exact) mass is 456 g/mol. The molecular weight excluding hydrogens is 432 g/mol. The fourth-order valence-electron chi connectivity index (χ4n) is 4.29. The van der Waals surface area contributed by atoms with Gasteiger partial charge in [-0.05, 0) is 55.0 Å². The van der Waals surface area contributed by atoms with Crippen molar-refractivity contribution in [3.8, 4) is 5.75 Å². The highest BCUT2D eigenvalue weighted by molar-refractivity contribution is 9.09. The van der Waals surface area contributed by atoms with Crippen molar-refractivity contribution in [2.75, 3.05) is 5.32 Å². The first kappa shape index (κ1) is 20.0. The van der Waals surface area contributed by atoms with Crippen LogP contribution in [-0.4, -0.2) is 22.7 Å². The van der Waals surface area contributed by atoms with E-state index in [2.05, 4.69) is 26.6 Å². The van der Waals surface area contributed by atoms with E-state index >= 15 is 0 Å². The second-order valence-electron chi connectivity index (χ2n) is 7.85. The average Bonchev–Trinajstić information content (AvgIpc) is 2.73. The molecule has 4 unspecified atom stereocenters. The molecule has 2 aromatic rings. The minimum atomic E-state index is -0.289. The number of piperidine rings is 1. The van der Waals surface area contributed by atoms with Gasteiger partial charge in [-0.3, -0.25) is 9.59 Å². The summed E-state index contributed by atoms with van der Waals surface area (Å²) < 4.78 is 5.79. The quantitative estimate of drug-likeness (QED) is 0.659. The second-order valence-corrected chi connectivity index (χ2v) is 9.14. The van der Waals surface area contributed by atoms with Gasteiger partial charge in [0.1, 0.15) is 12.4 Å². The van der Waals surface area contributed by atoms with Gasteiger partial charge < -0.3 is 15.4 Å². The zero-order chi connectivity index (χ0) is 20.2. The number of benzene rings is 2. The van der Waals surface area contributed by atoms with E-state index in [1.54, 1.807) is 0 Å². The number of ether oxygens (including phenoxy) is 1. The Morgan fingerprint density at radius 1 is 1.10 bits per heavy atom. The van der Waals surface area contributed by atoms with Gasteiger partial charge in [-0.2, -0.15) is 0 Å². The number of hydrogen-bond donors (Lipinski definition) is 2. The summed E-state index contributed by atoms with van der Waals surface area (Å²) in [6, 6.07) is 17.5. The molecule has 2 aliphatic rings. The number of hydrogen-bond acceptors (Lipinski definition) is 3. The number of fused-ring (bicyclic) bond motifs is 1. The topological polar surface area (TPSA) is 67.4 Å². The van der Waals surface area contributed by atoms with E-state index in [1.165, 1.54) is 0 Å². The van der Waals surface area contributed by atoms with Crippen LogP contribution in [0, 0.1) is 11.8 Å². The Balaban J connectivity index is 1.36. The van der Waals surface area contributed by atoms with Crippen LogP contribution in [0.15, 0.2) is 54.6 Å². The molecule has 0 spiro atoms. The van der Waals surface area contributed by atoms with E-state index in [4.69, 9.17) is 4.74 Å². The Bertz CT molecular complexity index is 856. The van der Waals surface area contributed by atoms with E-state index < -0.39 is 0 Å². The van der Waals surface area contributed by atoms with Crippen molar-refractivity contribution in [3.63, 3.8) is 0 Å². The van der Waals surface area contributed by atoms with Crippen LogP contribution in [-0.2, 0) is 16.2 Å². The first-order chi connectivity index (χ1) is 14.1. The minimum absolute atomic E-state index is 0.0240.